The van der Waals surface area contributed by atoms with Crippen LogP contribution in [0.2, 0.25) is 0 Å². The quantitative estimate of drug-likeness (QED) is 0.128. The van der Waals surface area contributed by atoms with Crippen LogP contribution < -0.4 is 15.0 Å². The Bertz CT molecular complexity index is 1940. The van der Waals surface area contributed by atoms with Crippen LogP contribution in [0.1, 0.15) is 31.2 Å². The summed E-state index contributed by atoms with van der Waals surface area (Å²) in [5, 5.41) is 5.65. The van der Waals surface area contributed by atoms with Gasteiger partial charge in [0.25, 0.3) is 0 Å². The molecule has 3 aliphatic rings. The van der Waals surface area contributed by atoms with Crippen molar-refractivity contribution < 1.29 is 18.3 Å². The first-order chi connectivity index (χ1) is 22.8. The van der Waals surface area contributed by atoms with E-state index in [4.69, 9.17) is 16.1 Å². The van der Waals surface area contributed by atoms with Crippen molar-refractivity contribution in [2.24, 2.45) is 5.41 Å². The fourth-order valence-corrected chi connectivity index (χ4v) is 8.02. The maximum atomic E-state index is 16.7. The Morgan fingerprint density at radius 1 is 1.28 bits per heavy atom. The molecule has 1 amide bonds. The number of terminal acetylenes is 1. The number of carbonyl (C=O) groups is 1. The lowest BCUT2D eigenvalue weighted by Gasteiger charge is -2.27. The van der Waals surface area contributed by atoms with Crippen molar-refractivity contribution >= 4 is 45.2 Å². The fourth-order valence-electron chi connectivity index (χ4n) is 6.89. The largest absolute Gasteiger partial charge is 0.462 e. The first kappa shape index (κ1) is 31.3. The second-order valence-corrected chi connectivity index (χ2v) is 14.3. The van der Waals surface area contributed by atoms with Gasteiger partial charge in [0.05, 0.1) is 16.2 Å². The van der Waals surface area contributed by atoms with Gasteiger partial charge >= 0.3 is 6.01 Å². The van der Waals surface area contributed by atoms with Crippen LogP contribution in [0.4, 0.5) is 14.6 Å². The van der Waals surface area contributed by atoms with Gasteiger partial charge in [-0.2, -0.15) is 9.97 Å². The van der Waals surface area contributed by atoms with Crippen LogP contribution in [0.25, 0.3) is 32.9 Å². The lowest BCUT2D eigenvalue weighted by Crippen LogP contribution is -2.36. The Labute approximate surface area is 277 Å². The van der Waals surface area contributed by atoms with Crippen molar-refractivity contribution in [3.8, 4) is 29.6 Å². The third kappa shape index (κ3) is 5.89. The summed E-state index contributed by atoms with van der Waals surface area (Å²) < 4.78 is 37.7. The first-order valence-electron chi connectivity index (χ1n) is 15.9. The smallest absolute Gasteiger partial charge is 0.319 e. The molecule has 0 spiro atoms. The number of hydrogen-bond acceptors (Lipinski definition) is 8. The van der Waals surface area contributed by atoms with Gasteiger partial charge in [-0.05, 0) is 55.7 Å². The predicted molar refractivity (Wildman–Crippen MR) is 183 cm³/mol. The molecule has 7 rings (SSSR count). The first-order valence-corrected chi connectivity index (χ1v) is 16.8. The van der Waals surface area contributed by atoms with Crippen molar-refractivity contribution in [2.75, 3.05) is 45.2 Å². The highest BCUT2D eigenvalue weighted by molar-refractivity contribution is 8.07. The number of fused-ring (bicyclic) bond motifs is 2. The summed E-state index contributed by atoms with van der Waals surface area (Å²) >= 11 is 1.90. The molecule has 4 aromatic rings. The Hall–Kier alpha value is -4.27. The molecule has 11 heteroatoms. The molecule has 0 bridgehead atoms. The summed E-state index contributed by atoms with van der Waals surface area (Å²) in [5.74, 6) is 1.51. The number of aromatic nitrogens is 3. The van der Waals surface area contributed by atoms with E-state index < -0.39 is 11.6 Å². The number of thioether (sulfide) groups is 1. The Kier molecular flexibility index (Phi) is 8.26. The van der Waals surface area contributed by atoms with Gasteiger partial charge in [-0.25, -0.2) is 8.78 Å². The van der Waals surface area contributed by atoms with E-state index >= 15 is 4.39 Å². The highest BCUT2D eigenvalue weighted by atomic mass is 32.2. The van der Waals surface area contributed by atoms with E-state index in [0.717, 1.165) is 13.0 Å². The van der Waals surface area contributed by atoms with E-state index in [0.29, 0.717) is 69.6 Å². The van der Waals surface area contributed by atoms with E-state index in [1.165, 1.54) is 25.0 Å². The molecule has 2 aliphatic heterocycles. The molecule has 2 aromatic heterocycles. The number of ether oxygens (including phenoxy) is 1. The maximum absolute atomic E-state index is 16.7. The zero-order valence-electron chi connectivity index (χ0n) is 26.4. The molecule has 3 fully saturated rings. The number of anilines is 1. The lowest BCUT2D eigenvalue weighted by molar-refractivity contribution is -0.125. The molecule has 47 heavy (non-hydrogen) atoms. The molecule has 242 valence electrons. The van der Waals surface area contributed by atoms with E-state index in [2.05, 4.69) is 27.8 Å². The Morgan fingerprint density at radius 2 is 2.11 bits per heavy atom. The number of halogens is 2. The summed E-state index contributed by atoms with van der Waals surface area (Å²) in [6, 6.07) is 8.17. The van der Waals surface area contributed by atoms with E-state index in [1.807, 2.05) is 30.8 Å². The van der Waals surface area contributed by atoms with Crippen LogP contribution >= 0.6 is 11.8 Å². The molecule has 4 heterocycles. The fraction of sp³-hybridized carbons (Fsp3) is 0.389. The minimum Gasteiger partial charge on any atom is -0.462 e. The predicted octanol–water partition coefficient (Wildman–Crippen LogP) is 5.58. The molecule has 2 unspecified atom stereocenters. The van der Waals surface area contributed by atoms with Crippen molar-refractivity contribution in [1.82, 2.24) is 25.2 Å². The number of nitrogens with zero attached hydrogens (tertiary/aromatic N) is 5. The van der Waals surface area contributed by atoms with E-state index in [1.54, 1.807) is 35.4 Å². The van der Waals surface area contributed by atoms with Gasteiger partial charge in [0, 0.05) is 55.1 Å². The minimum atomic E-state index is -0.680. The summed E-state index contributed by atoms with van der Waals surface area (Å²) in [4.78, 5) is 29.9. The number of pyridine rings is 1. The number of hydrogen-bond donors (Lipinski definition) is 1. The molecule has 1 saturated carbocycles. The highest BCUT2D eigenvalue weighted by Crippen LogP contribution is 2.57. The molecule has 1 aliphatic carbocycles. The highest BCUT2D eigenvalue weighted by Gasteiger charge is 2.50. The zero-order valence-corrected chi connectivity index (χ0v) is 27.2. The van der Waals surface area contributed by atoms with Gasteiger partial charge in [0.2, 0.25) is 5.91 Å². The second kappa shape index (κ2) is 12.4. The number of carbonyl (C=O) groups excluding carboxylic acids is 1. The van der Waals surface area contributed by atoms with Crippen LogP contribution in [0.5, 0.6) is 6.01 Å². The van der Waals surface area contributed by atoms with Crippen molar-refractivity contribution in [3.63, 3.8) is 0 Å². The number of rotatable bonds is 11. The minimum absolute atomic E-state index is 0.00384. The van der Waals surface area contributed by atoms with Crippen LogP contribution in [-0.4, -0.2) is 82.6 Å². The molecular weight excluding hydrogens is 618 g/mol. The van der Waals surface area contributed by atoms with Gasteiger partial charge in [-0.1, -0.05) is 36.8 Å². The number of nitrogens with one attached hydrogen (secondary N) is 1. The van der Waals surface area contributed by atoms with Gasteiger partial charge in [0.15, 0.2) is 5.82 Å². The number of likely N-dealkylation sites (tertiary alicyclic amines) is 1. The third-order valence-corrected chi connectivity index (χ3v) is 11.1. The summed E-state index contributed by atoms with van der Waals surface area (Å²) in [6.07, 6.45) is 12.9. The lowest BCUT2D eigenvalue weighted by atomic mass is 9.96. The van der Waals surface area contributed by atoms with Crippen LogP contribution in [-0.2, 0) is 4.79 Å². The van der Waals surface area contributed by atoms with Gasteiger partial charge in [-0.3, -0.25) is 9.78 Å². The van der Waals surface area contributed by atoms with Crippen LogP contribution in [0.3, 0.4) is 0 Å². The second-order valence-electron chi connectivity index (χ2n) is 12.8. The molecule has 3 atom stereocenters. The Balaban J connectivity index is 1.26. The van der Waals surface area contributed by atoms with Crippen LogP contribution in [0, 0.1) is 29.4 Å². The van der Waals surface area contributed by atoms with E-state index in [-0.39, 0.29) is 34.7 Å². The summed E-state index contributed by atoms with van der Waals surface area (Å²) in [7, 11) is 3.87. The topological polar surface area (TPSA) is 83.5 Å². The molecule has 2 aromatic carbocycles. The number of likely N-dealkylation sites (N-methyl/N-ethyl adjacent to an activating group) is 1. The number of amides is 1. The molecule has 8 nitrogen and oxygen atoms in total. The van der Waals surface area contributed by atoms with Crippen molar-refractivity contribution in [3.05, 3.63) is 66.4 Å². The average Bonchev–Trinajstić information content (AvgIpc) is 3.97. The molecule has 0 radical (unpaired) electrons. The van der Waals surface area contributed by atoms with E-state index in [9.17, 15) is 9.18 Å². The van der Waals surface area contributed by atoms with Gasteiger partial charge < -0.3 is 19.9 Å². The van der Waals surface area contributed by atoms with Crippen LogP contribution in [0.15, 0.2) is 49.2 Å². The van der Waals surface area contributed by atoms with Crippen molar-refractivity contribution in [1.29, 1.82) is 0 Å². The zero-order chi connectivity index (χ0) is 32.9. The SMILES string of the molecule is C#Cc1c(F)ccc2cccc(-c3ncc4c(N(C)C5CCN(C(=O)C=C)C5)nc(OC[C@H]5SC5CC5(CNC)CC5)nc4c3F)c12. The van der Waals surface area contributed by atoms with Crippen molar-refractivity contribution in [2.45, 2.75) is 42.2 Å². The maximum Gasteiger partial charge on any atom is 0.319 e. The average molecular weight is 655 g/mol. The monoisotopic (exact) mass is 654 g/mol. The van der Waals surface area contributed by atoms with Gasteiger partial charge in [-0.15, -0.1) is 18.2 Å². The molecular formula is C36H36F2N6O2S. The molecule has 1 N–H and O–H groups in total. The van der Waals surface area contributed by atoms with Gasteiger partial charge in [0.1, 0.15) is 29.5 Å². The summed E-state index contributed by atoms with van der Waals surface area (Å²) in [6.45, 7) is 6.11. The Morgan fingerprint density at radius 3 is 2.85 bits per heavy atom. The molecule has 2 saturated heterocycles. The normalized spacial score (nSPS) is 21.1. The standard InChI is InChI=1S/C36H36F2N6O2S/c1-5-23-26(37)11-10-21-8-7-9-24(30(21)23)32-31(38)33-25(17-40-32)34(43(4)22-12-15-44(18-22)29(45)6-2)42-35(41-33)46-19-28-27(47-28)16-36(13-14-36)20-39-3/h1,6-11,17,22,27-28,39H,2,12-16,18-20H2,3-4H3/t22?,27?,28-/m1/s1. The number of benzene rings is 2. The third-order valence-electron chi connectivity index (χ3n) is 9.78. The summed E-state index contributed by atoms with van der Waals surface area (Å²) in [5.41, 5.74) is 0.859.